The summed E-state index contributed by atoms with van der Waals surface area (Å²) >= 11 is 5.07. The molecule has 3 nitrogen and oxygen atoms in total. The Hall–Kier alpha value is -0.530. The molecule has 0 saturated carbocycles. The topological polar surface area (TPSA) is 57.9 Å². The fourth-order valence-electron chi connectivity index (χ4n) is 0.214. The van der Waals surface area contributed by atoms with E-state index in [0.29, 0.717) is 5.41 Å². The summed E-state index contributed by atoms with van der Waals surface area (Å²) in [6.45, 7) is 0. The number of sulfone groups is 1. The van der Waals surface area contributed by atoms with Crippen LogP contribution in [0.1, 0.15) is 0 Å². The Bertz CT molecular complexity index is 259. The van der Waals surface area contributed by atoms with Gasteiger partial charge in [0.1, 0.15) is 11.1 Å². The van der Waals surface area contributed by atoms with Gasteiger partial charge in [0, 0.05) is 6.26 Å². The van der Waals surface area contributed by atoms with Gasteiger partial charge >= 0.3 is 0 Å². The molecule has 0 aromatic rings. The van der Waals surface area contributed by atoms with E-state index in [1.807, 2.05) is 0 Å². The number of allylic oxidation sites excluding steroid dienone is 1. The van der Waals surface area contributed by atoms with Gasteiger partial charge in [-0.15, -0.1) is 0 Å². The molecule has 9 heavy (non-hydrogen) atoms. The van der Waals surface area contributed by atoms with Crippen LogP contribution >= 0.6 is 11.6 Å². The molecule has 0 saturated heterocycles. The number of hydrogen-bond donors (Lipinski definition) is 0. The van der Waals surface area contributed by atoms with Crippen molar-refractivity contribution in [2.75, 3.05) is 6.26 Å². The first-order valence-corrected chi connectivity index (χ1v) is 4.26. The minimum Gasteiger partial charge on any atom is -0.225 e. The molecule has 0 amide bonds. The molecular formula is C4H4ClNO2S. The predicted octanol–water partition coefficient (Wildman–Crippen LogP) is 0.635. The Morgan fingerprint density at radius 2 is 2.22 bits per heavy atom. The van der Waals surface area contributed by atoms with Crippen molar-refractivity contribution >= 4 is 21.4 Å². The Labute approximate surface area is 58.5 Å². The minimum absolute atomic E-state index is 0.322. The lowest BCUT2D eigenvalue weighted by Gasteiger charge is -1.81. The van der Waals surface area contributed by atoms with Gasteiger partial charge in [0.2, 0.25) is 0 Å². The lowest BCUT2D eigenvalue weighted by atomic mass is 10.7. The Kier molecular flexibility index (Phi) is 2.68. The van der Waals surface area contributed by atoms with Crippen LogP contribution in [0, 0.1) is 11.3 Å². The fraction of sp³-hybridized carbons (Fsp3) is 0.250. The van der Waals surface area contributed by atoms with Crippen molar-refractivity contribution in [2.45, 2.75) is 0 Å². The SMILES string of the molecule is CS(=O)(=O)/C=C(\Cl)C#N. The van der Waals surface area contributed by atoms with Crippen molar-refractivity contribution in [1.82, 2.24) is 0 Å². The Morgan fingerprint density at radius 3 is 2.33 bits per heavy atom. The van der Waals surface area contributed by atoms with Crippen LogP contribution in [0.15, 0.2) is 10.4 Å². The van der Waals surface area contributed by atoms with Gasteiger partial charge in [0.15, 0.2) is 9.84 Å². The second-order valence-electron chi connectivity index (χ2n) is 1.41. The molecule has 0 bridgehead atoms. The highest BCUT2D eigenvalue weighted by molar-refractivity contribution is 7.93. The number of nitriles is 1. The molecule has 0 heterocycles. The molecule has 0 rings (SSSR count). The summed E-state index contributed by atoms with van der Waals surface area (Å²) in [4.78, 5) is 0. The maximum absolute atomic E-state index is 10.3. The van der Waals surface area contributed by atoms with Crippen LogP contribution in [0.25, 0.3) is 0 Å². The summed E-state index contributed by atoms with van der Waals surface area (Å²) in [6, 6.07) is 1.47. The molecular weight excluding hydrogens is 162 g/mol. The first-order chi connectivity index (χ1) is 3.95. The number of nitrogens with zero attached hydrogens (tertiary/aromatic N) is 1. The second kappa shape index (κ2) is 2.85. The van der Waals surface area contributed by atoms with E-state index in [0.717, 1.165) is 6.26 Å². The summed E-state index contributed by atoms with van der Waals surface area (Å²) < 4.78 is 20.6. The zero-order valence-corrected chi connectivity index (χ0v) is 6.20. The van der Waals surface area contributed by atoms with E-state index in [4.69, 9.17) is 16.9 Å². The first kappa shape index (κ1) is 8.47. The van der Waals surface area contributed by atoms with Crippen molar-refractivity contribution in [3.63, 3.8) is 0 Å². The van der Waals surface area contributed by atoms with Crippen LogP contribution in [0.3, 0.4) is 0 Å². The highest BCUT2D eigenvalue weighted by Crippen LogP contribution is 2.00. The van der Waals surface area contributed by atoms with Crippen LogP contribution in [0.5, 0.6) is 0 Å². The zero-order chi connectivity index (χ0) is 7.49. The van der Waals surface area contributed by atoms with Gasteiger partial charge in [-0.3, -0.25) is 0 Å². The second-order valence-corrected chi connectivity index (χ2v) is 3.71. The average Bonchev–Trinajstić information content (AvgIpc) is 1.62. The van der Waals surface area contributed by atoms with E-state index in [2.05, 4.69) is 0 Å². The maximum Gasteiger partial charge on any atom is 0.170 e. The van der Waals surface area contributed by atoms with Gasteiger partial charge in [-0.2, -0.15) is 5.26 Å². The van der Waals surface area contributed by atoms with Crippen molar-refractivity contribution in [2.24, 2.45) is 0 Å². The van der Waals surface area contributed by atoms with Crippen LogP contribution in [0.4, 0.5) is 0 Å². The van der Waals surface area contributed by atoms with E-state index < -0.39 is 9.84 Å². The molecule has 0 aliphatic heterocycles. The highest BCUT2D eigenvalue weighted by atomic mass is 35.5. The highest BCUT2D eigenvalue weighted by Gasteiger charge is 1.96. The van der Waals surface area contributed by atoms with Crippen LogP contribution in [-0.4, -0.2) is 14.7 Å². The number of rotatable bonds is 1. The molecule has 0 aromatic heterocycles. The lowest BCUT2D eigenvalue weighted by molar-refractivity contribution is 0.610. The van der Waals surface area contributed by atoms with Gasteiger partial charge < -0.3 is 0 Å². The molecule has 5 heteroatoms. The fourth-order valence-corrected chi connectivity index (χ4v) is 1.13. The summed E-state index contributed by atoms with van der Waals surface area (Å²) in [6.07, 6.45) is 0.965. The van der Waals surface area contributed by atoms with Gasteiger partial charge in [-0.25, -0.2) is 8.42 Å². The Morgan fingerprint density at radius 1 is 1.78 bits per heavy atom. The van der Waals surface area contributed by atoms with Gasteiger partial charge in [0.05, 0.1) is 5.41 Å². The largest absolute Gasteiger partial charge is 0.225 e. The third-order valence-electron chi connectivity index (χ3n) is 0.424. The molecule has 0 spiro atoms. The molecule has 0 aromatic carbocycles. The van der Waals surface area contributed by atoms with E-state index in [1.54, 1.807) is 0 Å². The summed E-state index contributed by atoms with van der Waals surface area (Å²) in [5, 5.41) is 8.36. The third-order valence-corrected chi connectivity index (χ3v) is 1.41. The normalized spacial score (nSPS) is 12.8. The monoisotopic (exact) mass is 165 g/mol. The van der Waals surface area contributed by atoms with E-state index >= 15 is 0 Å². The van der Waals surface area contributed by atoms with Crippen molar-refractivity contribution in [3.05, 3.63) is 10.4 Å². The number of hydrogen-bond acceptors (Lipinski definition) is 3. The molecule has 0 radical (unpaired) electrons. The quantitative estimate of drug-likeness (QED) is 0.536. The molecule has 0 atom stereocenters. The van der Waals surface area contributed by atoms with E-state index in [9.17, 15) is 8.42 Å². The average molecular weight is 166 g/mol. The molecule has 0 N–H and O–H groups in total. The van der Waals surface area contributed by atoms with Crippen molar-refractivity contribution in [3.8, 4) is 6.07 Å². The molecule has 0 aliphatic rings. The standard InChI is InChI=1S/C4H4ClNO2S/c1-9(7,8)3-4(5)2-6/h3H,1H3/b4-3-. The summed E-state index contributed by atoms with van der Waals surface area (Å²) in [5.74, 6) is 0. The zero-order valence-electron chi connectivity index (χ0n) is 4.63. The summed E-state index contributed by atoms with van der Waals surface area (Å²) in [7, 11) is -3.25. The van der Waals surface area contributed by atoms with Gasteiger partial charge in [0.25, 0.3) is 0 Å². The van der Waals surface area contributed by atoms with Crippen LogP contribution in [0.2, 0.25) is 0 Å². The molecule has 0 aliphatic carbocycles. The molecule has 0 fully saturated rings. The van der Waals surface area contributed by atoms with Crippen LogP contribution in [-0.2, 0) is 9.84 Å². The lowest BCUT2D eigenvalue weighted by Crippen LogP contribution is -1.88. The summed E-state index contributed by atoms with van der Waals surface area (Å²) in [5.41, 5.74) is 0. The van der Waals surface area contributed by atoms with Crippen molar-refractivity contribution < 1.29 is 8.42 Å². The first-order valence-electron chi connectivity index (χ1n) is 1.93. The van der Waals surface area contributed by atoms with Crippen LogP contribution < -0.4 is 0 Å². The molecule has 50 valence electrons. The van der Waals surface area contributed by atoms with E-state index in [-0.39, 0.29) is 5.03 Å². The predicted molar refractivity (Wildman–Crippen MR) is 34.4 cm³/mol. The van der Waals surface area contributed by atoms with E-state index in [1.165, 1.54) is 6.07 Å². The smallest absolute Gasteiger partial charge is 0.170 e. The Balaban J connectivity index is 4.58. The van der Waals surface area contributed by atoms with Crippen molar-refractivity contribution in [1.29, 1.82) is 5.26 Å². The third kappa shape index (κ3) is 5.34. The maximum atomic E-state index is 10.3. The van der Waals surface area contributed by atoms with Gasteiger partial charge in [-0.05, 0) is 0 Å². The number of halogens is 1. The minimum atomic E-state index is -3.25. The van der Waals surface area contributed by atoms with Gasteiger partial charge in [-0.1, -0.05) is 11.6 Å². The molecule has 0 unspecified atom stereocenters.